The molecule has 1 aromatic rings. The maximum absolute atomic E-state index is 11.9. The van der Waals surface area contributed by atoms with Crippen molar-refractivity contribution in [2.75, 3.05) is 0 Å². The number of carbonyl (C=O) groups is 1. The van der Waals surface area contributed by atoms with Gasteiger partial charge in [-0.05, 0) is 25.3 Å². The predicted octanol–water partition coefficient (Wildman–Crippen LogP) is 2.74. The zero-order chi connectivity index (χ0) is 14.4. The van der Waals surface area contributed by atoms with Crippen molar-refractivity contribution in [3.8, 4) is 0 Å². The summed E-state index contributed by atoms with van der Waals surface area (Å²) in [6, 6.07) is 9.18. The molecule has 1 aromatic carbocycles. The summed E-state index contributed by atoms with van der Waals surface area (Å²) in [6.45, 7) is 1.82. The van der Waals surface area contributed by atoms with Crippen LogP contribution in [0.3, 0.4) is 0 Å². The lowest BCUT2D eigenvalue weighted by molar-refractivity contribution is 0.136. The number of rotatable bonds is 4. The van der Waals surface area contributed by atoms with Crippen LogP contribution in [0.2, 0.25) is 0 Å². The van der Waals surface area contributed by atoms with Crippen molar-refractivity contribution in [3.05, 3.63) is 35.9 Å². The highest BCUT2D eigenvalue weighted by molar-refractivity contribution is 5.74. The van der Waals surface area contributed by atoms with Crippen molar-refractivity contribution in [2.24, 2.45) is 0 Å². The van der Waals surface area contributed by atoms with Crippen LogP contribution in [-0.2, 0) is 0 Å². The molecular weight excluding hydrogens is 252 g/mol. The van der Waals surface area contributed by atoms with Gasteiger partial charge in [0.15, 0.2) is 0 Å². The van der Waals surface area contributed by atoms with Crippen LogP contribution in [0.1, 0.15) is 50.7 Å². The van der Waals surface area contributed by atoms with Crippen molar-refractivity contribution >= 4 is 6.03 Å². The molecule has 0 aliphatic heterocycles. The zero-order valence-electron chi connectivity index (χ0n) is 12.0. The minimum Gasteiger partial charge on any atom is -0.386 e. The molecule has 0 bridgehead atoms. The molecule has 1 aliphatic carbocycles. The van der Waals surface area contributed by atoms with E-state index in [0.29, 0.717) is 0 Å². The largest absolute Gasteiger partial charge is 0.386 e. The Hall–Kier alpha value is -1.55. The van der Waals surface area contributed by atoms with E-state index in [2.05, 4.69) is 10.6 Å². The Balaban J connectivity index is 1.81. The maximum atomic E-state index is 11.9. The first-order chi connectivity index (χ1) is 9.66. The van der Waals surface area contributed by atoms with Crippen LogP contribution in [-0.4, -0.2) is 23.2 Å². The molecule has 3 N–H and O–H groups in total. The summed E-state index contributed by atoms with van der Waals surface area (Å²) in [5.74, 6) is 0. The van der Waals surface area contributed by atoms with Crippen molar-refractivity contribution < 1.29 is 9.90 Å². The molecule has 110 valence electrons. The highest BCUT2D eigenvalue weighted by atomic mass is 16.3. The number of hydrogen-bond acceptors (Lipinski definition) is 2. The fraction of sp³-hybridized carbons (Fsp3) is 0.562. The molecule has 20 heavy (non-hydrogen) atoms. The normalized spacial score (nSPS) is 19.1. The molecule has 2 amide bonds. The lowest BCUT2D eigenvalue weighted by atomic mass is 9.96. The summed E-state index contributed by atoms with van der Waals surface area (Å²) in [4.78, 5) is 11.9. The molecule has 4 heteroatoms. The van der Waals surface area contributed by atoms with Gasteiger partial charge in [0, 0.05) is 6.04 Å². The highest BCUT2D eigenvalue weighted by Crippen LogP contribution is 2.18. The van der Waals surface area contributed by atoms with E-state index in [0.717, 1.165) is 18.4 Å². The fourth-order valence-electron chi connectivity index (χ4n) is 2.70. The number of hydrogen-bond donors (Lipinski definition) is 3. The number of carbonyl (C=O) groups excluding carboxylic acids is 1. The van der Waals surface area contributed by atoms with Gasteiger partial charge in [-0.1, -0.05) is 49.6 Å². The molecule has 4 nitrogen and oxygen atoms in total. The number of benzene rings is 1. The van der Waals surface area contributed by atoms with E-state index in [1.807, 2.05) is 37.3 Å². The van der Waals surface area contributed by atoms with Gasteiger partial charge in [0.2, 0.25) is 0 Å². The highest BCUT2D eigenvalue weighted by Gasteiger charge is 2.20. The second-order valence-electron chi connectivity index (χ2n) is 5.60. The summed E-state index contributed by atoms with van der Waals surface area (Å²) in [6.07, 6.45) is 5.07. The molecule has 0 heterocycles. The van der Waals surface area contributed by atoms with E-state index in [9.17, 15) is 9.90 Å². The van der Waals surface area contributed by atoms with Gasteiger partial charge >= 0.3 is 6.03 Å². The summed E-state index contributed by atoms with van der Waals surface area (Å²) < 4.78 is 0. The smallest absolute Gasteiger partial charge is 0.315 e. The first-order valence-corrected chi connectivity index (χ1v) is 7.47. The van der Waals surface area contributed by atoms with Gasteiger partial charge in [0.25, 0.3) is 0 Å². The molecule has 1 fully saturated rings. The van der Waals surface area contributed by atoms with Crippen LogP contribution in [0, 0.1) is 0 Å². The van der Waals surface area contributed by atoms with Gasteiger partial charge in [-0.25, -0.2) is 4.79 Å². The predicted molar refractivity (Wildman–Crippen MR) is 79.4 cm³/mol. The van der Waals surface area contributed by atoms with Gasteiger partial charge < -0.3 is 15.7 Å². The van der Waals surface area contributed by atoms with E-state index in [4.69, 9.17) is 0 Å². The molecule has 0 aromatic heterocycles. The monoisotopic (exact) mass is 276 g/mol. The van der Waals surface area contributed by atoms with Crippen molar-refractivity contribution in [1.29, 1.82) is 0 Å². The minimum atomic E-state index is -0.687. The van der Waals surface area contributed by atoms with Crippen LogP contribution in [0.4, 0.5) is 4.79 Å². The quantitative estimate of drug-likeness (QED) is 0.792. The standard InChI is InChI=1S/C16H24N2O2/c1-12(15(19)13-8-4-2-5-9-13)17-16(20)18-14-10-6-3-7-11-14/h2,4-5,8-9,12,14-15,19H,3,6-7,10-11H2,1H3,(H2,17,18,20)/t12-,15-/m0/s1. The van der Waals surface area contributed by atoms with E-state index < -0.39 is 6.10 Å². The Kier molecular flexibility index (Phi) is 5.41. The van der Waals surface area contributed by atoms with Gasteiger partial charge in [-0.2, -0.15) is 0 Å². The summed E-state index contributed by atoms with van der Waals surface area (Å²) in [7, 11) is 0. The third-order valence-corrected chi connectivity index (χ3v) is 3.91. The SMILES string of the molecule is C[C@H](NC(=O)NC1CCCCC1)[C@H](O)c1ccccc1. The topological polar surface area (TPSA) is 61.4 Å². The Morgan fingerprint density at radius 3 is 2.50 bits per heavy atom. The van der Waals surface area contributed by atoms with Gasteiger partial charge in [-0.3, -0.25) is 0 Å². The third kappa shape index (κ3) is 4.23. The first kappa shape index (κ1) is 14.9. The van der Waals surface area contributed by atoms with E-state index >= 15 is 0 Å². The zero-order valence-corrected chi connectivity index (χ0v) is 12.0. The van der Waals surface area contributed by atoms with Crippen LogP contribution < -0.4 is 10.6 Å². The Labute approximate surface area is 120 Å². The lowest BCUT2D eigenvalue weighted by Gasteiger charge is -2.25. The molecule has 1 aliphatic rings. The van der Waals surface area contributed by atoms with Crippen LogP contribution >= 0.6 is 0 Å². The van der Waals surface area contributed by atoms with Crippen molar-refractivity contribution in [2.45, 2.75) is 57.2 Å². The fourth-order valence-corrected chi connectivity index (χ4v) is 2.70. The van der Waals surface area contributed by atoms with E-state index in [1.54, 1.807) is 0 Å². The Bertz CT molecular complexity index is 416. The Morgan fingerprint density at radius 1 is 1.20 bits per heavy atom. The summed E-state index contributed by atoms with van der Waals surface area (Å²) in [5.41, 5.74) is 0.818. The number of nitrogens with one attached hydrogen (secondary N) is 2. The summed E-state index contributed by atoms with van der Waals surface area (Å²) in [5, 5.41) is 16.0. The molecule has 2 atom stereocenters. The third-order valence-electron chi connectivity index (χ3n) is 3.91. The Morgan fingerprint density at radius 2 is 1.85 bits per heavy atom. The van der Waals surface area contributed by atoms with E-state index in [-0.39, 0.29) is 18.1 Å². The molecular formula is C16H24N2O2. The average molecular weight is 276 g/mol. The van der Waals surface area contributed by atoms with Crippen LogP contribution in [0.25, 0.3) is 0 Å². The average Bonchev–Trinajstić information content (AvgIpc) is 2.48. The second-order valence-corrected chi connectivity index (χ2v) is 5.60. The van der Waals surface area contributed by atoms with Gasteiger partial charge in [0.1, 0.15) is 0 Å². The number of aliphatic hydroxyl groups excluding tert-OH is 1. The minimum absolute atomic E-state index is 0.181. The van der Waals surface area contributed by atoms with E-state index in [1.165, 1.54) is 19.3 Å². The first-order valence-electron chi connectivity index (χ1n) is 7.47. The number of aliphatic hydroxyl groups is 1. The molecule has 1 saturated carbocycles. The lowest BCUT2D eigenvalue weighted by Crippen LogP contribution is -2.47. The second kappa shape index (κ2) is 7.29. The number of amides is 2. The maximum Gasteiger partial charge on any atom is 0.315 e. The van der Waals surface area contributed by atoms with Crippen molar-refractivity contribution in [1.82, 2.24) is 10.6 Å². The molecule has 0 radical (unpaired) electrons. The summed E-state index contributed by atoms with van der Waals surface area (Å²) >= 11 is 0. The molecule has 0 spiro atoms. The van der Waals surface area contributed by atoms with Crippen LogP contribution in [0.5, 0.6) is 0 Å². The number of urea groups is 1. The van der Waals surface area contributed by atoms with Crippen molar-refractivity contribution in [3.63, 3.8) is 0 Å². The molecule has 2 rings (SSSR count). The van der Waals surface area contributed by atoms with Crippen LogP contribution in [0.15, 0.2) is 30.3 Å². The molecule has 0 unspecified atom stereocenters. The van der Waals surface area contributed by atoms with Gasteiger partial charge in [0.05, 0.1) is 12.1 Å². The molecule has 0 saturated heterocycles. The van der Waals surface area contributed by atoms with Gasteiger partial charge in [-0.15, -0.1) is 0 Å².